The van der Waals surface area contributed by atoms with Gasteiger partial charge in [0.2, 0.25) is 0 Å². The standard InChI is InChI=1S/C11H18O/c1-11(6-7-11)10-4-2-9(8-12)3-5-10/h2,10,12H,3-8H2,1H3/t10-/m0/s1. The molecule has 1 saturated carbocycles. The van der Waals surface area contributed by atoms with E-state index in [-0.39, 0.29) is 6.61 Å². The lowest BCUT2D eigenvalue weighted by Crippen LogP contribution is -2.16. The van der Waals surface area contributed by atoms with Crippen LogP contribution in [-0.2, 0) is 0 Å². The lowest BCUT2D eigenvalue weighted by molar-refractivity contribution is 0.280. The maximum absolute atomic E-state index is 8.93. The van der Waals surface area contributed by atoms with Gasteiger partial charge in [-0.05, 0) is 49.0 Å². The van der Waals surface area contributed by atoms with Crippen LogP contribution in [0.3, 0.4) is 0 Å². The maximum atomic E-state index is 8.93. The largest absolute Gasteiger partial charge is 0.392 e. The van der Waals surface area contributed by atoms with Crippen LogP contribution >= 0.6 is 0 Å². The number of allylic oxidation sites excluding steroid dienone is 1. The van der Waals surface area contributed by atoms with Gasteiger partial charge in [0.25, 0.3) is 0 Å². The lowest BCUT2D eigenvalue weighted by Gasteiger charge is -2.26. The van der Waals surface area contributed by atoms with Crippen LogP contribution in [0.15, 0.2) is 11.6 Å². The van der Waals surface area contributed by atoms with Gasteiger partial charge >= 0.3 is 0 Å². The molecule has 1 N–H and O–H groups in total. The lowest BCUT2D eigenvalue weighted by atomic mass is 9.79. The van der Waals surface area contributed by atoms with Gasteiger partial charge in [-0.25, -0.2) is 0 Å². The predicted molar refractivity (Wildman–Crippen MR) is 49.9 cm³/mol. The molecule has 0 unspecified atom stereocenters. The molecule has 0 bridgehead atoms. The highest BCUT2D eigenvalue weighted by molar-refractivity contribution is 5.10. The molecule has 0 aliphatic heterocycles. The third-order valence-electron chi connectivity index (χ3n) is 3.73. The second-order valence-corrected chi connectivity index (χ2v) is 4.65. The first kappa shape index (κ1) is 8.31. The zero-order valence-electron chi connectivity index (χ0n) is 7.84. The summed E-state index contributed by atoms with van der Waals surface area (Å²) in [4.78, 5) is 0. The Bertz CT molecular complexity index is 201. The third kappa shape index (κ3) is 1.42. The minimum Gasteiger partial charge on any atom is -0.392 e. The van der Waals surface area contributed by atoms with Crippen LogP contribution in [0.2, 0.25) is 0 Å². The van der Waals surface area contributed by atoms with E-state index < -0.39 is 0 Å². The summed E-state index contributed by atoms with van der Waals surface area (Å²) in [7, 11) is 0. The van der Waals surface area contributed by atoms with E-state index in [9.17, 15) is 0 Å². The number of rotatable bonds is 2. The van der Waals surface area contributed by atoms with Crippen molar-refractivity contribution in [3.8, 4) is 0 Å². The highest BCUT2D eigenvalue weighted by Gasteiger charge is 2.44. The molecule has 2 aliphatic rings. The molecule has 2 aliphatic carbocycles. The fourth-order valence-electron chi connectivity index (χ4n) is 2.27. The SMILES string of the molecule is CC1([C@H]2CC=C(CO)CC2)CC1. The molecular formula is C11H18O. The van der Waals surface area contributed by atoms with Crippen LogP contribution < -0.4 is 0 Å². The number of hydrogen-bond acceptors (Lipinski definition) is 1. The molecule has 1 heteroatoms. The highest BCUT2D eigenvalue weighted by Crippen LogP contribution is 2.55. The summed E-state index contributed by atoms with van der Waals surface area (Å²) in [5, 5.41) is 8.93. The van der Waals surface area contributed by atoms with Crippen LogP contribution in [0.25, 0.3) is 0 Å². The van der Waals surface area contributed by atoms with E-state index in [2.05, 4.69) is 13.0 Å². The summed E-state index contributed by atoms with van der Waals surface area (Å²) >= 11 is 0. The Morgan fingerprint density at radius 1 is 1.58 bits per heavy atom. The van der Waals surface area contributed by atoms with Crippen LogP contribution in [-0.4, -0.2) is 11.7 Å². The van der Waals surface area contributed by atoms with E-state index in [0.29, 0.717) is 5.41 Å². The first-order valence-electron chi connectivity index (χ1n) is 5.03. The van der Waals surface area contributed by atoms with Crippen molar-refractivity contribution < 1.29 is 5.11 Å². The van der Waals surface area contributed by atoms with Crippen molar-refractivity contribution in [2.45, 2.75) is 39.0 Å². The first-order valence-corrected chi connectivity index (χ1v) is 5.03. The van der Waals surface area contributed by atoms with Crippen molar-refractivity contribution in [3.05, 3.63) is 11.6 Å². The van der Waals surface area contributed by atoms with Gasteiger partial charge < -0.3 is 5.11 Å². The molecule has 0 heterocycles. The van der Waals surface area contributed by atoms with E-state index >= 15 is 0 Å². The predicted octanol–water partition coefficient (Wildman–Crippen LogP) is 2.51. The summed E-state index contributed by atoms with van der Waals surface area (Å²) in [6, 6.07) is 0. The Hall–Kier alpha value is -0.300. The first-order chi connectivity index (χ1) is 5.74. The highest BCUT2D eigenvalue weighted by atomic mass is 16.3. The molecule has 0 amide bonds. The van der Waals surface area contributed by atoms with E-state index in [0.717, 1.165) is 12.3 Å². The van der Waals surface area contributed by atoms with Gasteiger partial charge in [0.1, 0.15) is 0 Å². The van der Waals surface area contributed by atoms with Crippen molar-refractivity contribution in [1.29, 1.82) is 0 Å². The van der Waals surface area contributed by atoms with Crippen molar-refractivity contribution in [3.63, 3.8) is 0 Å². The van der Waals surface area contributed by atoms with Crippen molar-refractivity contribution >= 4 is 0 Å². The average molecular weight is 166 g/mol. The molecule has 1 atom stereocenters. The third-order valence-corrected chi connectivity index (χ3v) is 3.73. The van der Waals surface area contributed by atoms with Crippen LogP contribution in [0.5, 0.6) is 0 Å². The fourth-order valence-corrected chi connectivity index (χ4v) is 2.27. The van der Waals surface area contributed by atoms with Crippen molar-refractivity contribution in [1.82, 2.24) is 0 Å². The summed E-state index contributed by atoms with van der Waals surface area (Å²) in [5.74, 6) is 0.910. The molecule has 0 aromatic heterocycles. The van der Waals surface area contributed by atoms with Crippen molar-refractivity contribution in [2.75, 3.05) is 6.61 Å². The van der Waals surface area contributed by atoms with Gasteiger partial charge in [-0.3, -0.25) is 0 Å². The summed E-state index contributed by atoms with van der Waals surface area (Å²) in [6.07, 6.45) is 8.78. The fraction of sp³-hybridized carbons (Fsp3) is 0.818. The van der Waals surface area contributed by atoms with Gasteiger partial charge in [0.05, 0.1) is 6.61 Å². The van der Waals surface area contributed by atoms with E-state index in [4.69, 9.17) is 5.11 Å². The molecule has 1 fully saturated rings. The Morgan fingerprint density at radius 3 is 2.75 bits per heavy atom. The van der Waals surface area contributed by atoms with Gasteiger partial charge in [0.15, 0.2) is 0 Å². The molecule has 0 saturated heterocycles. The zero-order chi connectivity index (χ0) is 8.60. The molecule has 0 spiro atoms. The normalized spacial score (nSPS) is 32.8. The number of hydrogen-bond donors (Lipinski definition) is 1. The van der Waals surface area contributed by atoms with E-state index in [1.54, 1.807) is 0 Å². The summed E-state index contributed by atoms with van der Waals surface area (Å²) in [5.41, 5.74) is 1.94. The summed E-state index contributed by atoms with van der Waals surface area (Å²) in [6.45, 7) is 2.69. The molecule has 0 aromatic carbocycles. The molecule has 2 rings (SSSR count). The Balaban J connectivity index is 1.94. The van der Waals surface area contributed by atoms with Crippen LogP contribution in [0.4, 0.5) is 0 Å². The number of aliphatic hydroxyl groups is 1. The Morgan fingerprint density at radius 2 is 2.33 bits per heavy atom. The average Bonchev–Trinajstić information content (AvgIpc) is 2.85. The minimum atomic E-state index is 0.281. The van der Waals surface area contributed by atoms with Gasteiger partial charge in [-0.2, -0.15) is 0 Å². The quantitative estimate of drug-likeness (QED) is 0.625. The number of aliphatic hydroxyl groups excluding tert-OH is 1. The van der Waals surface area contributed by atoms with E-state index in [1.165, 1.54) is 31.3 Å². The zero-order valence-corrected chi connectivity index (χ0v) is 7.84. The van der Waals surface area contributed by atoms with Gasteiger partial charge in [0, 0.05) is 0 Å². The molecular weight excluding hydrogens is 148 g/mol. The maximum Gasteiger partial charge on any atom is 0.0641 e. The van der Waals surface area contributed by atoms with Crippen LogP contribution in [0, 0.1) is 11.3 Å². The molecule has 1 nitrogen and oxygen atoms in total. The Labute approximate surface area is 74.5 Å². The second kappa shape index (κ2) is 2.88. The minimum absolute atomic E-state index is 0.281. The van der Waals surface area contributed by atoms with Crippen molar-refractivity contribution in [2.24, 2.45) is 11.3 Å². The monoisotopic (exact) mass is 166 g/mol. The summed E-state index contributed by atoms with van der Waals surface area (Å²) < 4.78 is 0. The van der Waals surface area contributed by atoms with Crippen LogP contribution in [0.1, 0.15) is 39.0 Å². The Kier molecular flexibility index (Phi) is 1.99. The van der Waals surface area contributed by atoms with Gasteiger partial charge in [-0.1, -0.05) is 13.0 Å². The molecule has 68 valence electrons. The molecule has 0 aromatic rings. The molecule has 0 radical (unpaired) electrons. The van der Waals surface area contributed by atoms with E-state index in [1.807, 2.05) is 0 Å². The molecule has 12 heavy (non-hydrogen) atoms. The topological polar surface area (TPSA) is 20.2 Å². The van der Waals surface area contributed by atoms with Gasteiger partial charge in [-0.15, -0.1) is 0 Å². The smallest absolute Gasteiger partial charge is 0.0641 e. The second-order valence-electron chi connectivity index (χ2n) is 4.65.